The lowest BCUT2D eigenvalue weighted by molar-refractivity contribution is -0.116. The van der Waals surface area contributed by atoms with Gasteiger partial charge in [0.25, 0.3) is 0 Å². The largest absolute Gasteiger partial charge is 0.300 e. The molecule has 0 saturated heterocycles. The summed E-state index contributed by atoms with van der Waals surface area (Å²) in [6, 6.07) is 4.94. The van der Waals surface area contributed by atoms with Crippen LogP contribution < -0.4 is 10.0 Å². The lowest BCUT2D eigenvalue weighted by Gasteiger charge is -2.08. The maximum atomic E-state index is 12.2. The highest BCUT2D eigenvalue weighted by Crippen LogP contribution is 2.17. The molecule has 1 aromatic heterocycles. The number of carbonyl (C=O) groups is 1. The number of nitrogens with zero attached hydrogens (tertiary/aromatic N) is 2. The molecule has 0 aliphatic heterocycles. The molecule has 0 aliphatic carbocycles. The van der Waals surface area contributed by atoms with E-state index in [1.165, 1.54) is 11.3 Å². The number of nitrogens with one attached hydrogen (secondary N) is 2. The molecule has 25 heavy (non-hydrogen) atoms. The van der Waals surface area contributed by atoms with Crippen molar-refractivity contribution in [3.05, 3.63) is 34.3 Å². The van der Waals surface area contributed by atoms with Gasteiger partial charge in [0.05, 0.1) is 4.90 Å². The summed E-state index contributed by atoms with van der Waals surface area (Å²) >= 11 is 1.33. The number of carbonyl (C=O) groups excluding carboxylic acids is 1. The van der Waals surface area contributed by atoms with Crippen molar-refractivity contribution in [2.45, 2.75) is 44.9 Å². The summed E-state index contributed by atoms with van der Waals surface area (Å²) in [5.74, 6) is -0.304. The number of benzene rings is 1. The summed E-state index contributed by atoms with van der Waals surface area (Å²) in [6.45, 7) is 5.84. The fourth-order valence-corrected chi connectivity index (χ4v) is 4.04. The van der Waals surface area contributed by atoms with E-state index in [1.807, 2.05) is 20.8 Å². The van der Waals surface area contributed by atoms with E-state index in [4.69, 9.17) is 0 Å². The van der Waals surface area contributed by atoms with E-state index in [0.717, 1.165) is 29.0 Å². The molecular formula is C16H22N4O3S2. The van der Waals surface area contributed by atoms with Crippen LogP contribution in [-0.2, 0) is 21.2 Å². The topological polar surface area (TPSA) is 101 Å². The van der Waals surface area contributed by atoms with Crippen LogP contribution in [0.4, 0.5) is 5.13 Å². The van der Waals surface area contributed by atoms with Crippen molar-refractivity contribution in [1.29, 1.82) is 0 Å². The number of amides is 1. The maximum absolute atomic E-state index is 12.2. The predicted molar refractivity (Wildman–Crippen MR) is 98.3 cm³/mol. The van der Waals surface area contributed by atoms with Crippen LogP contribution in [0.3, 0.4) is 0 Å². The van der Waals surface area contributed by atoms with E-state index in [1.54, 1.807) is 18.2 Å². The second-order valence-corrected chi connectivity index (χ2v) is 8.52. The molecule has 7 nitrogen and oxygen atoms in total. The van der Waals surface area contributed by atoms with Gasteiger partial charge in [-0.25, -0.2) is 13.1 Å². The van der Waals surface area contributed by atoms with Crippen molar-refractivity contribution in [2.75, 3.05) is 11.9 Å². The van der Waals surface area contributed by atoms with Gasteiger partial charge in [-0.1, -0.05) is 24.3 Å². The maximum Gasteiger partial charge on any atom is 0.240 e. The van der Waals surface area contributed by atoms with E-state index >= 15 is 0 Å². The van der Waals surface area contributed by atoms with Crippen LogP contribution in [0, 0.1) is 13.8 Å². The molecule has 0 aliphatic rings. The highest BCUT2D eigenvalue weighted by molar-refractivity contribution is 7.89. The minimum atomic E-state index is -3.63. The molecule has 2 rings (SSSR count). The van der Waals surface area contributed by atoms with E-state index < -0.39 is 10.0 Å². The van der Waals surface area contributed by atoms with Gasteiger partial charge in [0, 0.05) is 19.4 Å². The van der Waals surface area contributed by atoms with Gasteiger partial charge in [0.1, 0.15) is 5.01 Å². The summed E-state index contributed by atoms with van der Waals surface area (Å²) < 4.78 is 26.9. The van der Waals surface area contributed by atoms with Crippen molar-refractivity contribution < 1.29 is 13.2 Å². The Balaban J connectivity index is 1.86. The molecule has 2 aromatic rings. The molecule has 0 fully saturated rings. The molecule has 0 unspecified atom stereocenters. The fraction of sp³-hybridized carbons (Fsp3) is 0.438. The number of hydrogen-bond donors (Lipinski definition) is 2. The first-order chi connectivity index (χ1) is 11.8. The standard InChI is InChI=1S/C16H22N4O3S2/c1-4-5-15-19-20-16(24-15)18-14(21)8-9-17-25(22,23)13-7-6-11(2)12(3)10-13/h6-7,10,17H,4-5,8-9H2,1-3H3,(H,18,20,21). The summed E-state index contributed by atoms with van der Waals surface area (Å²) in [6.07, 6.45) is 1.80. The third kappa shape index (κ3) is 5.58. The third-order valence-electron chi connectivity index (χ3n) is 3.61. The second-order valence-electron chi connectivity index (χ2n) is 5.69. The lowest BCUT2D eigenvalue weighted by Crippen LogP contribution is -2.28. The molecule has 1 heterocycles. The van der Waals surface area contributed by atoms with Crippen molar-refractivity contribution >= 4 is 32.4 Å². The van der Waals surface area contributed by atoms with Crippen LogP contribution in [-0.4, -0.2) is 31.1 Å². The minimum absolute atomic E-state index is 0.0156. The van der Waals surface area contributed by atoms with E-state index in [9.17, 15) is 13.2 Å². The summed E-state index contributed by atoms with van der Waals surface area (Å²) in [4.78, 5) is 12.1. The Morgan fingerprint density at radius 3 is 2.64 bits per heavy atom. The van der Waals surface area contributed by atoms with Crippen molar-refractivity contribution in [2.24, 2.45) is 0 Å². The van der Waals surface area contributed by atoms with Gasteiger partial charge in [-0.15, -0.1) is 10.2 Å². The second kappa shape index (κ2) is 8.50. The number of sulfonamides is 1. The molecule has 136 valence electrons. The first-order valence-corrected chi connectivity index (χ1v) is 10.3. The van der Waals surface area contributed by atoms with E-state index in [0.29, 0.717) is 5.13 Å². The van der Waals surface area contributed by atoms with Crippen LogP contribution in [0.2, 0.25) is 0 Å². The highest BCUT2D eigenvalue weighted by atomic mass is 32.2. The number of hydrogen-bond acceptors (Lipinski definition) is 6. The van der Waals surface area contributed by atoms with E-state index in [2.05, 4.69) is 20.2 Å². The van der Waals surface area contributed by atoms with Gasteiger partial charge in [0.15, 0.2) is 0 Å². The van der Waals surface area contributed by atoms with Crippen molar-refractivity contribution in [1.82, 2.24) is 14.9 Å². The van der Waals surface area contributed by atoms with Crippen molar-refractivity contribution in [3.63, 3.8) is 0 Å². The zero-order valence-electron chi connectivity index (χ0n) is 14.5. The summed E-state index contributed by atoms with van der Waals surface area (Å²) in [7, 11) is -3.63. The van der Waals surface area contributed by atoms with Crippen LogP contribution in [0.1, 0.15) is 35.9 Å². The molecule has 0 spiro atoms. The molecule has 9 heteroatoms. The van der Waals surface area contributed by atoms with Gasteiger partial charge in [-0.05, 0) is 43.5 Å². The Morgan fingerprint density at radius 2 is 1.96 bits per heavy atom. The Kier molecular flexibility index (Phi) is 6.63. The summed E-state index contributed by atoms with van der Waals surface area (Å²) in [5.41, 5.74) is 1.93. The molecule has 0 atom stereocenters. The van der Waals surface area contributed by atoms with Crippen molar-refractivity contribution in [3.8, 4) is 0 Å². The molecule has 0 saturated carbocycles. The first-order valence-electron chi connectivity index (χ1n) is 8.01. The number of aryl methyl sites for hydroxylation is 3. The highest BCUT2D eigenvalue weighted by Gasteiger charge is 2.15. The van der Waals surface area contributed by atoms with E-state index in [-0.39, 0.29) is 23.8 Å². The van der Waals surface area contributed by atoms with Gasteiger partial charge < -0.3 is 5.32 Å². The first kappa shape index (κ1) is 19.5. The van der Waals surface area contributed by atoms with Gasteiger partial charge in [-0.2, -0.15) is 0 Å². The molecular weight excluding hydrogens is 360 g/mol. The molecule has 1 aromatic carbocycles. The number of aromatic nitrogens is 2. The van der Waals surface area contributed by atoms with Crippen LogP contribution in [0.25, 0.3) is 0 Å². The van der Waals surface area contributed by atoms with Gasteiger partial charge >= 0.3 is 0 Å². The average Bonchev–Trinajstić information content (AvgIpc) is 2.97. The zero-order chi connectivity index (χ0) is 18.4. The molecule has 1 amide bonds. The molecule has 0 bridgehead atoms. The quantitative estimate of drug-likeness (QED) is 0.730. The lowest BCUT2D eigenvalue weighted by atomic mass is 10.1. The van der Waals surface area contributed by atoms with Gasteiger partial charge in [-0.3, -0.25) is 4.79 Å². The molecule has 2 N–H and O–H groups in total. The van der Waals surface area contributed by atoms with Crippen LogP contribution in [0.15, 0.2) is 23.1 Å². The Labute approximate surface area is 151 Å². The Hall–Kier alpha value is -1.84. The minimum Gasteiger partial charge on any atom is -0.300 e. The number of anilines is 1. The zero-order valence-corrected chi connectivity index (χ0v) is 16.1. The number of rotatable bonds is 8. The fourth-order valence-electron chi connectivity index (χ4n) is 2.06. The monoisotopic (exact) mass is 382 g/mol. The SMILES string of the molecule is CCCc1nnc(NC(=O)CCNS(=O)(=O)c2ccc(C)c(C)c2)s1. The summed E-state index contributed by atoms with van der Waals surface area (Å²) in [5, 5.41) is 11.8. The Bertz CT molecular complexity index is 847. The smallest absolute Gasteiger partial charge is 0.240 e. The normalized spacial score (nSPS) is 11.5. The van der Waals surface area contributed by atoms with Crippen LogP contribution >= 0.6 is 11.3 Å². The third-order valence-corrected chi connectivity index (χ3v) is 5.97. The Morgan fingerprint density at radius 1 is 1.20 bits per heavy atom. The van der Waals surface area contributed by atoms with Crippen LogP contribution in [0.5, 0.6) is 0 Å². The average molecular weight is 383 g/mol. The van der Waals surface area contributed by atoms with Gasteiger partial charge in [0.2, 0.25) is 21.1 Å². The molecule has 0 radical (unpaired) electrons. The predicted octanol–water partition coefficient (Wildman–Crippen LogP) is 2.41.